The lowest BCUT2D eigenvalue weighted by atomic mass is 9.98. The molecule has 3 rings (SSSR count). The van der Waals surface area contributed by atoms with E-state index >= 15 is 0 Å². The Morgan fingerprint density at radius 3 is 2.89 bits per heavy atom. The Morgan fingerprint density at radius 2 is 2.19 bits per heavy atom. The molecule has 1 amide bonds. The average Bonchev–Trinajstić information content (AvgIpc) is 3.15. The molecule has 1 fully saturated rings. The highest BCUT2D eigenvalue weighted by Crippen LogP contribution is 2.34. The molecule has 5 nitrogen and oxygen atoms in total. The zero-order chi connectivity index (χ0) is 19.6. The number of aromatic nitrogens is 2. The van der Waals surface area contributed by atoms with Crippen molar-refractivity contribution >= 4 is 22.4 Å². The first-order valence-electron chi connectivity index (χ1n) is 8.69. The SMILES string of the molecule is CC(=O)Nc1ncc(CN2CCC(Cc3nc(C)ccc3C(F)(F)F)C2)s1. The van der Waals surface area contributed by atoms with Gasteiger partial charge in [0, 0.05) is 36.8 Å². The Balaban J connectivity index is 1.61. The van der Waals surface area contributed by atoms with Crippen LogP contribution in [0.3, 0.4) is 0 Å². The third kappa shape index (κ3) is 5.26. The molecule has 1 saturated heterocycles. The van der Waals surface area contributed by atoms with Gasteiger partial charge in [-0.25, -0.2) is 4.98 Å². The lowest BCUT2D eigenvalue weighted by molar-refractivity contribution is -0.138. The van der Waals surface area contributed by atoms with E-state index in [9.17, 15) is 18.0 Å². The van der Waals surface area contributed by atoms with Gasteiger partial charge in [0.25, 0.3) is 0 Å². The van der Waals surface area contributed by atoms with Crippen molar-refractivity contribution in [2.24, 2.45) is 5.92 Å². The first kappa shape index (κ1) is 19.8. The highest BCUT2D eigenvalue weighted by Gasteiger charge is 2.35. The molecule has 0 aromatic carbocycles. The van der Waals surface area contributed by atoms with Crippen LogP contribution < -0.4 is 5.32 Å². The summed E-state index contributed by atoms with van der Waals surface area (Å²) in [6.45, 7) is 5.37. The van der Waals surface area contributed by atoms with E-state index in [0.29, 0.717) is 23.8 Å². The first-order chi connectivity index (χ1) is 12.7. The van der Waals surface area contributed by atoms with Gasteiger partial charge in [0.15, 0.2) is 5.13 Å². The number of carbonyl (C=O) groups excluding carboxylic acids is 1. The number of rotatable bonds is 5. The molecule has 0 bridgehead atoms. The van der Waals surface area contributed by atoms with Crippen molar-refractivity contribution in [3.63, 3.8) is 0 Å². The fraction of sp³-hybridized carbons (Fsp3) is 0.500. The standard InChI is InChI=1S/C18H21F3N4OS/c1-11-3-4-15(18(19,20)21)16(23-11)7-13-5-6-25(9-13)10-14-8-22-17(27-14)24-12(2)26/h3-4,8,13H,5-7,9-10H2,1-2H3,(H,22,24,26). The van der Waals surface area contributed by atoms with Crippen LogP contribution in [0.15, 0.2) is 18.3 Å². The van der Waals surface area contributed by atoms with Crippen LogP contribution in [0.4, 0.5) is 18.3 Å². The van der Waals surface area contributed by atoms with Gasteiger partial charge in [-0.05, 0) is 44.4 Å². The molecule has 1 aliphatic heterocycles. The van der Waals surface area contributed by atoms with Crippen LogP contribution in [-0.4, -0.2) is 33.9 Å². The number of likely N-dealkylation sites (tertiary alicyclic amines) is 1. The van der Waals surface area contributed by atoms with E-state index in [-0.39, 0.29) is 17.5 Å². The molecular formula is C18H21F3N4OS. The van der Waals surface area contributed by atoms with Gasteiger partial charge in [-0.1, -0.05) is 0 Å². The van der Waals surface area contributed by atoms with Gasteiger partial charge in [0.2, 0.25) is 5.91 Å². The molecule has 1 atom stereocenters. The summed E-state index contributed by atoms with van der Waals surface area (Å²) in [5, 5.41) is 3.21. The van der Waals surface area contributed by atoms with Crippen LogP contribution in [0.1, 0.15) is 35.2 Å². The molecule has 3 heterocycles. The number of thiazole rings is 1. The van der Waals surface area contributed by atoms with Crippen LogP contribution in [0.5, 0.6) is 0 Å². The molecule has 1 N–H and O–H groups in total. The number of hydrogen-bond acceptors (Lipinski definition) is 5. The number of hydrogen-bond donors (Lipinski definition) is 1. The zero-order valence-corrected chi connectivity index (χ0v) is 16.0. The fourth-order valence-electron chi connectivity index (χ4n) is 3.33. The minimum Gasteiger partial charge on any atom is -0.302 e. The van der Waals surface area contributed by atoms with Crippen LogP contribution in [0.25, 0.3) is 0 Å². The van der Waals surface area contributed by atoms with Crippen molar-refractivity contribution in [3.05, 3.63) is 40.2 Å². The number of carbonyl (C=O) groups is 1. The quantitative estimate of drug-likeness (QED) is 0.830. The number of nitrogens with zero attached hydrogens (tertiary/aromatic N) is 3. The number of halogens is 3. The Bertz CT molecular complexity index is 821. The molecule has 0 spiro atoms. The van der Waals surface area contributed by atoms with Crippen LogP contribution in [-0.2, 0) is 23.9 Å². The number of nitrogens with one attached hydrogen (secondary N) is 1. The van der Waals surface area contributed by atoms with Crippen LogP contribution in [0, 0.1) is 12.8 Å². The number of alkyl halides is 3. The topological polar surface area (TPSA) is 58.1 Å². The van der Waals surface area contributed by atoms with Crippen LogP contribution in [0.2, 0.25) is 0 Å². The second-order valence-electron chi connectivity index (χ2n) is 6.85. The van der Waals surface area contributed by atoms with Gasteiger partial charge >= 0.3 is 6.18 Å². The minimum atomic E-state index is -4.38. The van der Waals surface area contributed by atoms with E-state index in [1.165, 1.54) is 24.3 Å². The summed E-state index contributed by atoms with van der Waals surface area (Å²) in [7, 11) is 0. The molecule has 9 heteroatoms. The summed E-state index contributed by atoms with van der Waals surface area (Å²) in [5.74, 6) is -0.0219. The van der Waals surface area contributed by atoms with Gasteiger partial charge in [-0.15, -0.1) is 11.3 Å². The van der Waals surface area contributed by atoms with Gasteiger partial charge in [-0.2, -0.15) is 13.2 Å². The van der Waals surface area contributed by atoms with E-state index < -0.39 is 11.7 Å². The molecule has 0 radical (unpaired) electrons. The molecular weight excluding hydrogens is 377 g/mol. The van der Waals surface area contributed by atoms with E-state index in [2.05, 4.69) is 20.2 Å². The van der Waals surface area contributed by atoms with Crippen molar-refractivity contribution in [3.8, 4) is 0 Å². The minimum absolute atomic E-state index is 0.139. The largest absolute Gasteiger partial charge is 0.418 e. The summed E-state index contributed by atoms with van der Waals surface area (Å²) in [6, 6.07) is 2.54. The molecule has 1 unspecified atom stereocenters. The van der Waals surface area contributed by atoms with E-state index in [4.69, 9.17) is 0 Å². The first-order valence-corrected chi connectivity index (χ1v) is 9.50. The Labute approximate surface area is 159 Å². The molecule has 1 aliphatic rings. The summed E-state index contributed by atoms with van der Waals surface area (Å²) >= 11 is 1.42. The maximum atomic E-state index is 13.2. The van der Waals surface area contributed by atoms with Crippen molar-refractivity contribution in [1.82, 2.24) is 14.9 Å². The third-order valence-electron chi connectivity index (χ3n) is 4.49. The molecule has 0 saturated carbocycles. The van der Waals surface area contributed by atoms with Crippen molar-refractivity contribution < 1.29 is 18.0 Å². The Kier molecular flexibility index (Phi) is 5.81. The summed E-state index contributed by atoms with van der Waals surface area (Å²) < 4.78 is 39.7. The van der Waals surface area contributed by atoms with Gasteiger partial charge in [-0.3, -0.25) is 14.7 Å². The summed E-state index contributed by atoms with van der Waals surface area (Å²) in [4.78, 5) is 22.6. The molecule has 2 aromatic heterocycles. The van der Waals surface area contributed by atoms with Crippen molar-refractivity contribution in [1.29, 1.82) is 0 Å². The van der Waals surface area contributed by atoms with E-state index in [1.807, 2.05) is 0 Å². The maximum Gasteiger partial charge on any atom is 0.418 e. The average molecular weight is 398 g/mol. The van der Waals surface area contributed by atoms with Crippen LogP contribution >= 0.6 is 11.3 Å². The van der Waals surface area contributed by atoms with E-state index in [1.54, 1.807) is 13.1 Å². The maximum absolute atomic E-state index is 13.2. The third-order valence-corrected chi connectivity index (χ3v) is 5.38. The van der Waals surface area contributed by atoms with Crippen molar-refractivity contribution in [2.45, 2.75) is 39.4 Å². The number of pyridine rings is 1. The smallest absolute Gasteiger partial charge is 0.302 e. The lowest BCUT2D eigenvalue weighted by Crippen LogP contribution is -2.21. The lowest BCUT2D eigenvalue weighted by Gasteiger charge is -2.17. The Hall–Kier alpha value is -2.00. The second kappa shape index (κ2) is 7.93. The highest BCUT2D eigenvalue weighted by molar-refractivity contribution is 7.15. The summed E-state index contributed by atoms with van der Waals surface area (Å²) in [5.41, 5.74) is 0.108. The van der Waals surface area contributed by atoms with E-state index in [0.717, 1.165) is 30.5 Å². The molecule has 27 heavy (non-hydrogen) atoms. The Morgan fingerprint density at radius 1 is 1.41 bits per heavy atom. The fourth-order valence-corrected chi connectivity index (χ4v) is 4.23. The van der Waals surface area contributed by atoms with Gasteiger partial charge in [0.1, 0.15) is 0 Å². The zero-order valence-electron chi connectivity index (χ0n) is 15.1. The number of aryl methyl sites for hydroxylation is 1. The number of amides is 1. The van der Waals surface area contributed by atoms with Gasteiger partial charge in [0.05, 0.1) is 11.3 Å². The van der Waals surface area contributed by atoms with Crippen molar-refractivity contribution in [2.75, 3.05) is 18.4 Å². The summed E-state index contributed by atoms with van der Waals surface area (Å²) in [6.07, 6.45) is -1.48. The van der Waals surface area contributed by atoms with Gasteiger partial charge < -0.3 is 5.32 Å². The predicted molar refractivity (Wildman–Crippen MR) is 97.5 cm³/mol. The normalized spacial score (nSPS) is 18.0. The number of anilines is 1. The predicted octanol–water partition coefficient (Wildman–Crippen LogP) is 3.89. The molecule has 2 aromatic rings. The molecule has 146 valence electrons. The second-order valence-corrected chi connectivity index (χ2v) is 7.97. The highest BCUT2D eigenvalue weighted by atomic mass is 32.1. The monoisotopic (exact) mass is 398 g/mol. The molecule has 0 aliphatic carbocycles.